The molecule has 1 aliphatic rings. The Morgan fingerprint density at radius 3 is 2.91 bits per heavy atom. The van der Waals surface area contributed by atoms with Crippen molar-refractivity contribution in [3.8, 4) is 0 Å². The minimum Gasteiger partial charge on any atom is -0.395 e. The smallest absolute Gasteiger partial charge is 0.0586 e. The van der Waals surface area contributed by atoms with Crippen LogP contribution < -0.4 is 0 Å². The molecule has 0 aromatic rings. The average molecular weight is 178 g/mol. The van der Waals surface area contributed by atoms with Crippen LogP contribution in [-0.4, -0.2) is 41.6 Å². The maximum absolute atomic E-state index is 9.00. The second kappa shape index (κ2) is 4.96. The van der Waals surface area contributed by atoms with E-state index < -0.39 is 0 Å². The van der Waals surface area contributed by atoms with E-state index in [-0.39, 0.29) is 6.61 Å². The molecule has 1 rings (SSSR count). The molecule has 0 unspecified atom stereocenters. The fraction of sp³-hybridized carbons (Fsp3) is 1.00. The molecule has 3 heteroatoms. The van der Waals surface area contributed by atoms with Gasteiger partial charge in [-0.05, 0) is 19.4 Å². The minimum atomic E-state index is 0.289. The van der Waals surface area contributed by atoms with Gasteiger partial charge in [-0.15, -0.1) is 11.6 Å². The Kier molecular flexibility index (Phi) is 4.20. The van der Waals surface area contributed by atoms with Crippen molar-refractivity contribution in [1.82, 2.24) is 4.90 Å². The summed E-state index contributed by atoms with van der Waals surface area (Å²) < 4.78 is 0. The molecule has 1 atom stereocenters. The van der Waals surface area contributed by atoms with E-state index >= 15 is 0 Å². The summed E-state index contributed by atoms with van der Waals surface area (Å²) in [6.45, 7) is 2.32. The number of piperidine rings is 1. The number of nitrogens with zero attached hydrogens (tertiary/aromatic N) is 1. The summed E-state index contributed by atoms with van der Waals surface area (Å²) in [5.41, 5.74) is 0. The third-order valence-electron chi connectivity index (χ3n) is 2.33. The summed E-state index contributed by atoms with van der Waals surface area (Å²) >= 11 is 5.63. The first-order valence-electron chi connectivity index (χ1n) is 4.29. The number of hydrogen-bond acceptors (Lipinski definition) is 2. The first-order valence-corrected chi connectivity index (χ1v) is 4.83. The number of aliphatic hydroxyl groups is 1. The number of aliphatic hydroxyl groups excluding tert-OH is 1. The second-order valence-corrected chi connectivity index (χ2v) is 3.44. The van der Waals surface area contributed by atoms with Gasteiger partial charge in [-0.1, -0.05) is 6.42 Å². The Morgan fingerprint density at radius 1 is 1.45 bits per heavy atom. The molecule has 0 bridgehead atoms. The summed E-state index contributed by atoms with van der Waals surface area (Å²) in [7, 11) is 0. The van der Waals surface area contributed by atoms with Crippen molar-refractivity contribution < 1.29 is 5.11 Å². The van der Waals surface area contributed by atoms with Gasteiger partial charge in [0, 0.05) is 18.5 Å². The molecule has 0 aromatic heterocycles. The second-order valence-electron chi connectivity index (χ2n) is 3.06. The molecule has 1 fully saturated rings. The van der Waals surface area contributed by atoms with Gasteiger partial charge in [-0.3, -0.25) is 4.90 Å². The molecular weight excluding hydrogens is 162 g/mol. The van der Waals surface area contributed by atoms with Crippen LogP contribution in [0.1, 0.15) is 19.3 Å². The summed E-state index contributed by atoms with van der Waals surface area (Å²) in [4.78, 5) is 2.29. The van der Waals surface area contributed by atoms with Gasteiger partial charge in [-0.2, -0.15) is 0 Å². The van der Waals surface area contributed by atoms with Crippen molar-refractivity contribution in [3.63, 3.8) is 0 Å². The fourth-order valence-electron chi connectivity index (χ4n) is 1.67. The molecule has 1 heterocycles. The van der Waals surface area contributed by atoms with Crippen LogP contribution in [-0.2, 0) is 0 Å². The van der Waals surface area contributed by atoms with E-state index in [1.54, 1.807) is 0 Å². The normalized spacial score (nSPS) is 27.3. The molecule has 11 heavy (non-hydrogen) atoms. The SMILES string of the molecule is OC[C@@H]1CCCCN1CCCl. The zero-order valence-electron chi connectivity index (χ0n) is 6.80. The van der Waals surface area contributed by atoms with Crippen LogP contribution in [0.3, 0.4) is 0 Å². The first-order chi connectivity index (χ1) is 5.38. The molecule has 1 N–H and O–H groups in total. The van der Waals surface area contributed by atoms with Crippen LogP contribution in [0.15, 0.2) is 0 Å². The lowest BCUT2D eigenvalue weighted by molar-refractivity contribution is 0.0960. The van der Waals surface area contributed by atoms with Crippen LogP contribution in [0.2, 0.25) is 0 Å². The summed E-state index contributed by atoms with van der Waals surface area (Å²) in [5, 5.41) is 9.00. The van der Waals surface area contributed by atoms with Gasteiger partial charge in [0.25, 0.3) is 0 Å². The molecule has 66 valence electrons. The maximum atomic E-state index is 9.00. The van der Waals surface area contributed by atoms with Gasteiger partial charge in [0.15, 0.2) is 0 Å². The lowest BCUT2D eigenvalue weighted by atomic mass is 10.0. The molecule has 2 nitrogen and oxygen atoms in total. The standard InChI is InChI=1S/C8H16ClNO/c9-4-6-10-5-2-1-3-8(10)7-11/h8,11H,1-7H2/t8-/m0/s1. The molecule has 0 saturated carbocycles. The lowest BCUT2D eigenvalue weighted by Gasteiger charge is -2.33. The highest BCUT2D eigenvalue weighted by molar-refractivity contribution is 6.18. The summed E-state index contributed by atoms with van der Waals surface area (Å²) in [5.74, 6) is 0.677. The largest absolute Gasteiger partial charge is 0.395 e. The zero-order chi connectivity index (χ0) is 8.10. The highest BCUT2D eigenvalue weighted by atomic mass is 35.5. The molecule has 0 amide bonds. The quantitative estimate of drug-likeness (QED) is 0.653. The number of halogens is 1. The predicted molar refractivity (Wildman–Crippen MR) is 47.0 cm³/mol. The monoisotopic (exact) mass is 177 g/mol. The molecule has 1 saturated heterocycles. The van der Waals surface area contributed by atoms with Gasteiger partial charge < -0.3 is 5.11 Å². The molecule has 0 radical (unpaired) electrons. The molecule has 1 aliphatic heterocycles. The zero-order valence-corrected chi connectivity index (χ0v) is 7.56. The summed E-state index contributed by atoms with van der Waals surface area (Å²) in [6, 6.07) is 0.377. The van der Waals surface area contributed by atoms with Crippen molar-refractivity contribution in [3.05, 3.63) is 0 Å². The van der Waals surface area contributed by atoms with Gasteiger partial charge >= 0.3 is 0 Å². The number of hydrogen-bond donors (Lipinski definition) is 1. The van der Waals surface area contributed by atoms with E-state index in [0.29, 0.717) is 11.9 Å². The highest BCUT2D eigenvalue weighted by Gasteiger charge is 2.20. The van der Waals surface area contributed by atoms with Crippen LogP contribution in [0.5, 0.6) is 0 Å². The first kappa shape index (κ1) is 9.30. The fourth-order valence-corrected chi connectivity index (χ4v) is 1.89. The predicted octanol–water partition coefficient (Wildman–Crippen LogP) is 1.07. The third-order valence-corrected chi connectivity index (χ3v) is 2.50. The van der Waals surface area contributed by atoms with Crippen LogP contribution in [0.25, 0.3) is 0 Å². The van der Waals surface area contributed by atoms with E-state index in [0.717, 1.165) is 19.5 Å². The van der Waals surface area contributed by atoms with Gasteiger partial charge in [0.05, 0.1) is 6.61 Å². The Morgan fingerprint density at radius 2 is 2.27 bits per heavy atom. The molecule has 0 spiro atoms. The lowest BCUT2D eigenvalue weighted by Crippen LogP contribution is -2.42. The number of rotatable bonds is 3. The number of alkyl halides is 1. The van der Waals surface area contributed by atoms with E-state index in [1.807, 2.05) is 0 Å². The van der Waals surface area contributed by atoms with Crippen LogP contribution in [0.4, 0.5) is 0 Å². The van der Waals surface area contributed by atoms with E-state index in [2.05, 4.69) is 4.90 Å². The van der Waals surface area contributed by atoms with Gasteiger partial charge in [0.1, 0.15) is 0 Å². The topological polar surface area (TPSA) is 23.5 Å². The Hall–Kier alpha value is 0.210. The minimum absolute atomic E-state index is 0.289. The average Bonchev–Trinajstić information content (AvgIpc) is 2.06. The van der Waals surface area contributed by atoms with Gasteiger partial charge in [-0.25, -0.2) is 0 Å². The Bertz CT molecular complexity index is 108. The Balaban J connectivity index is 2.31. The highest BCUT2D eigenvalue weighted by Crippen LogP contribution is 2.15. The van der Waals surface area contributed by atoms with Crippen molar-refractivity contribution in [1.29, 1.82) is 0 Å². The van der Waals surface area contributed by atoms with Crippen molar-refractivity contribution in [2.45, 2.75) is 25.3 Å². The van der Waals surface area contributed by atoms with Gasteiger partial charge in [0.2, 0.25) is 0 Å². The van der Waals surface area contributed by atoms with Crippen LogP contribution in [0, 0.1) is 0 Å². The molecule has 0 aromatic carbocycles. The number of likely N-dealkylation sites (tertiary alicyclic amines) is 1. The van der Waals surface area contributed by atoms with Crippen molar-refractivity contribution in [2.24, 2.45) is 0 Å². The molecule has 0 aliphatic carbocycles. The maximum Gasteiger partial charge on any atom is 0.0586 e. The third kappa shape index (κ3) is 2.62. The van der Waals surface area contributed by atoms with E-state index in [1.165, 1.54) is 12.8 Å². The molecular formula is C8H16ClNO. The van der Waals surface area contributed by atoms with Crippen molar-refractivity contribution in [2.75, 3.05) is 25.6 Å². The summed E-state index contributed by atoms with van der Waals surface area (Å²) in [6.07, 6.45) is 3.64. The van der Waals surface area contributed by atoms with Crippen LogP contribution >= 0.6 is 11.6 Å². The van der Waals surface area contributed by atoms with Crippen molar-refractivity contribution >= 4 is 11.6 Å². The van der Waals surface area contributed by atoms with E-state index in [9.17, 15) is 0 Å². The Labute approximate surface area is 73.1 Å². The van der Waals surface area contributed by atoms with E-state index in [4.69, 9.17) is 16.7 Å².